The second-order valence-electron chi connectivity index (χ2n) is 8.02. The summed E-state index contributed by atoms with van der Waals surface area (Å²) in [6.07, 6.45) is 0. The summed E-state index contributed by atoms with van der Waals surface area (Å²) in [4.78, 5) is 31.3. The van der Waals surface area contributed by atoms with Gasteiger partial charge in [-0.1, -0.05) is 26.0 Å². The lowest BCUT2D eigenvalue weighted by atomic mass is 10.0. The maximum atomic E-state index is 13.0. The molecule has 3 amide bonds. The van der Waals surface area contributed by atoms with Crippen molar-refractivity contribution >= 4 is 34.6 Å². The molecule has 2 aromatic carbocycles. The molecule has 0 saturated heterocycles. The number of rotatable bonds is 7. The van der Waals surface area contributed by atoms with Crippen molar-refractivity contribution in [2.45, 2.75) is 46.2 Å². The van der Waals surface area contributed by atoms with Crippen molar-refractivity contribution in [2.75, 3.05) is 10.6 Å². The average molecular weight is 455 g/mol. The number of nitrogens with one attached hydrogen (secondary N) is 2. The van der Waals surface area contributed by atoms with Crippen molar-refractivity contribution in [3.63, 3.8) is 0 Å². The molecule has 0 aliphatic heterocycles. The van der Waals surface area contributed by atoms with Gasteiger partial charge in [-0.15, -0.1) is 11.3 Å². The minimum Gasteiger partial charge on any atom is -0.321 e. The summed E-state index contributed by atoms with van der Waals surface area (Å²) in [6.45, 7) is 8.38. The molecule has 0 radical (unpaired) electrons. The lowest BCUT2D eigenvalue weighted by Crippen LogP contribution is -2.39. The summed E-state index contributed by atoms with van der Waals surface area (Å²) < 4.78 is 13.0. The first kappa shape index (κ1) is 23.4. The van der Waals surface area contributed by atoms with Crippen LogP contribution < -0.4 is 10.6 Å². The molecule has 0 fully saturated rings. The van der Waals surface area contributed by atoms with Gasteiger partial charge in [-0.3, -0.25) is 4.79 Å². The largest absolute Gasteiger partial charge is 0.322 e. The van der Waals surface area contributed by atoms with E-state index in [0.29, 0.717) is 16.6 Å². The number of benzene rings is 2. The monoisotopic (exact) mass is 454 g/mol. The number of urea groups is 1. The molecule has 8 heteroatoms. The summed E-state index contributed by atoms with van der Waals surface area (Å²) in [7, 11) is 0. The van der Waals surface area contributed by atoms with Crippen LogP contribution in [0.15, 0.2) is 53.9 Å². The van der Waals surface area contributed by atoms with E-state index in [1.807, 2.05) is 38.1 Å². The second-order valence-corrected chi connectivity index (χ2v) is 8.96. The van der Waals surface area contributed by atoms with Crippen LogP contribution >= 0.6 is 11.3 Å². The Morgan fingerprint density at radius 1 is 0.969 bits per heavy atom. The molecule has 0 aliphatic rings. The molecule has 0 bridgehead atoms. The number of halogens is 1. The maximum Gasteiger partial charge on any atom is 0.322 e. The van der Waals surface area contributed by atoms with Gasteiger partial charge in [0.15, 0.2) is 0 Å². The molecule has 1 aromatic heterocycles. The van der Waals surface area contributed by atoms with E-state index in [2.05, 4.69) is 29.5 Å². The Kier molecular flexibility index (Phi) is 7.58. The summed E-state index contributed by atoms with van der Waals surface area (Å²) in [5, 5.41) is 7.91. The SMILES string of the molecule is CC(C)c1ccc(NC(=O)N(Cc2nc(C(=O)Nc3ccc(F)cc3)cs2)C(C)C)cc1. The Labute approximate surface area is 191 Å². The maximum absolute atomic E-state index is 13.0. The number of thiazole rings is 1. The van der Waals surface area contributed by atoms with Crippen molar-refractivity contribution in [1.82, 2.24) is 9.88 Å². The quantitative estimate of drug-likeness (QED) is 0.453. The molecule has 0 aliphatic carbocycles. The van der Waals surface area contributed by atoms with Crippen molar-refractivity contribution in [3.05, 3.63) is 76.0 Å². The zero-order valence-electron chi connectivity index (χ0n) is 18.6. The Balaban J connectivity index is 1.64. The highest BCUT2D eigenvalue weighted by atomic mass is 32.1. The molecule has 0 saturated carbocycles. The third kappa shape index (κ3) is 6.13. The molecule has 3 aromatic rings. The number of carbonyl (C=O) groups is 2. The van der Waals surface area contributed by atoms with Crippen LogP contribution in [0.4, 0.5) is 20.6 Å². The molecule has 6 nitrogen and oxygen atoms in total. The normalized spacial score (nSPS) is 11.0. The van der Waals surface area contributed by atoms with Crippen LogP contribution in [0.2, 0.25) is 0 Å². The Bertz CT molecular complexity index is 1060. The smallest absolute Gasteiger partial charge is 0.321 e. The van der Waals surface area contributed by atoms with Crippen LogP contribution in [-0.2, 0) is 6.54 Å². The van der Waals surface area contributed by atoms with Gasteiger partial charge >= 0.3 is 6.03 Å². The van der Waals surface area contributed by atoms with Gasteiger partial charge in [0.05, 0.1) is 6.54 Å². The summed E-state index contributed by atoms with van der Waals surface area (Å²) in [6, 6.07) is 13.0. The topological polar surface area (TPSA) is 74.3 Å². The van der Waals surface area contributed by atoms with Gasteiger partial charge < -0.3 is 15.5 Å². The molecule has 1 heterocycles. The highest BCUT2D eigenvalue weighted by Gasteiger charge is 2.20. The van der Waals surface area contributed by atoms with E-state index in [1.165, 1.54) is 41.2 Å². The van der Waals surface area contributed by atoms with Crippen molar-refractivity contribution in [3.8, 4) is 0 Å². The van der Waals surface area contributed by atoms with Crippen molar-refractivity contribution < 1.29 is 14.0 Å². The van der Waals surface area contributed by atoms with Gasteiger partial charge in [0, 0.05) is 22.8 Å². The fourth-order valence-electron chi connectivity index (χ4n) is 3.00. The number of carbonyl (C=O) groups excluding carboxylic acids is 2. The minimum atomic E-state index is -0.384. The van der Waals surface area contributed by atoms with Crippen LogP contribution in [-0.4, -0.2) is 27.9 Å². The third-order valence-corrected chi connectivity index (χ3v) is 5.74. The number of hydrogen-bond acceptors (Lipinski definition) is 4. The number of nitrogens with zero attached hydrogens (tertiary/aromatic N) is 2. The van der Waals surface area contributed by atoms with E-state index in [1.54, 1.807) is 10.3 Å². The fourth-order valence-corrected chi connectivity index (χ4v) is 3.77. The Hall–Kier alpha value is -3.26. The van der Waals surface area contributed by atoms with Gasteiger partial charge in [0.25, 0.3) is 5.91 Å². The molecular weight excluding hydrogens is 427 g/mol. The number of anilines is 2. The predicted molar refractivity (Wildman–Crippen MR) is 127 cm³/mol. The van der Waals surface area contributed by atoms with Gasteiger partial charge in [0.1, 0.15) is 16.5 Å². The van der Waals surface area contributed by atoms with E-state index in [4.69, 9.17) is 0 Å². The lowest BCUT2D eigenvalue weighted by Gasteiger charge is -2.26. The highest BCUT2D eigenvalue weighted by molar-refractivity contribution is 7.09. The predicted octanol–water partition coefficient (Wildman–Crippen LogP) is 6.10. The van der Waals surface area contributed by atoms with E-state index >= 15 is 0 Å². The number of hydrogen-bond donors (Lipinski definition) is 2. The van der Waals surface area contributed by atoms with Crippen molar-refractivity contribution in [2.24, 2.45) is 0 Å². The number of amides is 3. The molecule has 0 spiro atoms. The molecule has 0 unspecified atom stereocenters. The van der Waals surface area contributed by atoms with E-state index in [9.17, 15) is 14.0 Å². The first-order chi connectivity index (χ1) is 15.2. The lowest BCUT2D eigenvalue weighted by molar-refractivity contribution is 0.102. The molecule has 168 valence electrons. The van der Waals surface area contributed by atoms with Gasteiger partial charge in [-0.25, -0.2) is 14.2 Å². The van der Waals surface area contributed by atoms with E-state index in [0.717, 1.165) is 5.69 Å². The van der Waals surface area contributed by atoms with Crippen LogP contribution in [0.5, 0.6) is 0 Å². The molecule has 2 N–H and O–H groups in total. The second kappa shape index (κ2) is 10.4. The van der Waals surface area contributed by atoms with Gasteiger partial charge in [0.2, 0.25) is 0 Å². The van der Waals surface area contributed by atoms with Crippen molar-refractivity contribution in [1.29, 1.82) is 0 Å². The molecule has 3 rings (SSSR count). The van der Waals surface area contributed by atoms with Gasteiger partial charge in [-0.2, -0.15) is 0 Å². The van der Waals surface area contributed by atoms with E-state index < -0.39 is 0 Å². The zero-order valence-corrected chi connectivity index (χ0v) is 19.4. The average Bonchev–Trinajstić information content (AvgIpc) is 3.22. The van der Waals surface area contributed by atoms with Crippen LogP contribution in [0, 0.1) is 5.82 Å². The van der Waals surface area contributed by atoms with Crippen LogP contribution in [0.25, 0.3) is 0 Å². The third-order valence-electron chi connectivity index (χ3n) is 4.90. The first-order valence-electron chi connectivity index (χ1n) is 10.4. The zero-order chi connectivity index (χ0) is 23.3. The summed E-state index contributed by atoms with van der Waals surface area (Å²) >= 11 is 1.31. The van der Waals surface area contributed by atoms with Crippen LogP contribution in [0.3, 0.4) is 0 Å². The first-order valence-corrected chi connectivity index (χ1v) is 11.3. The summed E-state index contributed by atoms with van der Waals surface area (Å²) in [5.41, 5.74) is 2.67. The van der Waals surface area contributed by atoms with Gasteiger partial charge in [-0.05, 0) is 61.7 Å². The molecular formula is C24H27FN4O2S. The molecule has 0 atom stereocenters. The highest BCUT2D eigenvalue weighted by Crippen LogP contribution is 2.20. The number of aromatic nitrogens is 1. The van der Waals surface area contributed by atoms with E-state index in [-0.39, 0.29) is 36.0 Å². The Morgan fingerprint density at radius 3 is 2.16 bits per heavy atom. The minimum absolute atomic E-state index is 0.0645. The fraction of sp³-hybridized carbons (Fsp3) is 0.292. The molecule has 32 heavy (non-hydrogen) atoms. The summed E-state index contributed by atoms with van der Waals surface area (Å²) in [5.74, 6) is -0.335. The van der Waals surface area contributed by atoms with Crippen LogP contribution in [0.1, 0.15) is 54.7 Å². The standard InChI is InChI=1S/C24H27FN4O2S/c1-15(2)17-5-9-20(10-6-17)27-24(31)29(16(3)4)13-22-28-21(14-32-22)23(30)26-19-11-7-18(25)8-12-19/h5-12,14-16H,13H2,1-4H3,(H,26,30)(H,27,31). The Morgan fingerprint density at radius 2 is 1.56 bits per heavy atom.